The van der Waals surface area contributed by atoms with E-state index in [1.807, 2.05) is 12.1 Å². The zero-order valence-electron chi connectivity index (χ0n) is 11.9. The summed E-state index contributed by atoms with van der Waals surface area (Å²) in [4.78, 5) is 23.7. The van der Waals surface area contributed by atoms with E-state index in [0.717, 1.165) is 4.90 Å². The Morgan fingerprint density at radius 3 is 2.57 bits per heavy atom. The Hall–Kier alpha value is -1.57. The Balaban J connectivity index is 1.81. The van der Waals surface area contributed by atoms with Crippen LogP contribution < -0.4 is 10.0 Å². The predicted molar refractivity (Wildman–Crippen MR) is 79.0 cm³/mol. The molecule has 1 heterocycles. The van der Waals surface area contributed by atoms with Crippen LogP contribution in [0.5, 0.6) is 0 Å². The average Bonchev–Trinajstić information content (AvgIpc) is 3.01. The number of benzene rings is 1. The number of methoxy groups -OCH3 is 2. The summed E-state index contributed by atoms with van der Waals surface area (Å²) < 4.78 is 12.7. The van der Waals surface area contributed by atoms with E-state index in [4.69, 9.17) is 4.74 Å². The van der Waals surface area contributed by atoms with Gasteiger partial charge in [0, 0.05) is 17.5 Å². The van der Waals surface area contributed by atoms with Gasteiger partial charge in [0.15, 0.2) is 0 Å². The summed E-state index contributed by atoms with van der Waals surface area (Å²) in [6, 6.07) is 7.10. The molecule has 1 aromatic rings. The van der Waals surface area contributed by atoms with E-state index in [1.165, 1.54) is 26.2 Å². The first-order valence-corrected chi connectivity index (χ1v) is 7.37. The molecule has 2 rings (SSSR count). The highest BCUT2D eigenvalue weighted by Crippen LogP contribution is 2.19. The molecular weight excluding hydrogens is 292 g/mol. The fourth-order valence-electron chi connectivity index (χ4n) is 2.08. The van der Waals surface area contributed by atoms with Crippen molar-refractivity contribution in [2.75, 3.05) is 20.8 Å². The van der Waals surface area contributed by atoms with Crippen LogP contribution in [0.15, 0.2) is 29.2 Å². The first-order chi connectivity index (χ1) is 10.1. The first kappa shape index (κ1) is 15.8. The van der Waals surface area contributed by atoms with Crippen LogP contribution in [-0.2, 0) is 14.3 Å². The van der Waals surface area contributed by atoms with Crippen molar-refractivity contribution < 1.29 is 19.1 Å². The summed E-state index contributed by atoms with van der Waals surface area (Å²) >= 11 is 1.47. The van der Waals surface area contributed by atoms with Gasteiger partial charge in [0.2, 0.25) is 0 Å². The molecule has 1 saturated heterocycles. The van der Waals surface area contributed by atoms with Crippen LogP contribution in [0.2, 0.25) is 0 Å². The van der Waals surface area contributed by atoms with Gasteiger partial charge in [-0.3, -0.25) is 9.52 Å². The number of carbonyl (C=O) groups is 2. The third kappa shape index (κ3) is 4.20. The van der Waals surface area contributed by atoms with Crippen molar-refractivity contribution in [2.45, 2.75) is 23.4 Å². The standard InChI is InChI=1S/C14H18N2O4S/c1-19-13(17)9-3-5-11(6-4-9)21-16-10-7-12(15-8-10)14(18)20-2/h3-6,10,12,15-16H,7-8H2,1-2H3/t10-,12+/m1/s1. The summed E-state index contributed by atoms with van der Waals surface area (Å²) in [5.41, 5.74) is 0.523. The lowest BCUT2D eigenvalue weighted by molar-refractivity contribution is -0.142. The van der Waals surface area contributed by atoms with Crippen molar-refractivity contribution in [3.05, 3.63) is 29.8 Å². The number of ether oxygens (including phenoxy) is 2. The quantitative estimate of drug-likeness (QED) is 0.620. The number of hydrogen-bond donors (Lipinski definition) is 2. The highest BCUT2D eigenvalue weighted by atomic mass is 32.2. The third-order valence-corrected chi connectivity index (χ3v) is 4.19. The molecular formula is C14H18N2O4S. The Morgan fingerprint density at radius 2 is 1.95 bits per heavy atom. The van der Waals surface area contributed by atoms with Gasteiger partial charge in [0.05, 0.1) is 19.8 Å². The van der Waals surface area contributed by atoms with Gasteiger partial charge >= 0.3 is 11.9 Å². The molecule has 1 aliphatic heterocycles. The molecule has 7 heteroatoms. The number of esters is 2. The van der Waals surface area contributed by atoms with Crippen LogP contribution in [0.3, 0.4) is 0 Å². The zero-order chi connectivity index (χ0) is 15.2. The molecule has 6 nitrogen and oxygen atoms in total. The SMILES string of the molecule is COC(=O)c1ccc(SN[C@H]2CN[C@H](C(=O)OC)C2)cc1. The van der Waals surface area contributed by atoms with Gasteiger partial charge in [-0.1, -0.05) is 0 Å². The van der Waals surface area contributed by atoms with E-state index in [2.05, 4.69) is 14.8 Å². The summed E-state index contributed by atoms with van der Waals surface area (Å²) in [6.07, 6.45) is 0.694. The van der Waals surface area contributed by atoms with Gasteiger partial charge in [-0.25, -0.2) is 4.79 Å². The van der Waals surface area contributed by atoms with Crippen LogP contribution in [0.4, 0.5) is 0 Å². The largest absolute Gasteiger partial charge is 0.468 e. The van der Waals surface area contributed by atoms with Gasteiger partial charge in [0.25, 0.3) is 0 Å². The lowest BCUT2D eigenvalue weighted by Gasteiger charge is -2.11. The molecule has 21 heavy (non-hydrogen) atoms. The second kappa shape index (κ2) is 7.44. The molecule has 1 fully saturated rings. The van der Waals surface area contributed by atoms with E-state index in [0.29, 0.717) is 18.5 Å². The van der Waals surface area contributed by atoms with E-state index in [-0.39, 0.29) is 24.0 Å². The van der Waals surface area contributed by atoms with E-state index in [9.17, 15) is 9.59 Å². The Bertz CT molecular complexity index is 506. The molecule has 1 aliphatic rings. The van der Waals surface area contributed by atoms with Crippen molar-refractivity contribution in [2.24, 2.45) is 0 Å². The summed E-state index contributed by atoms with van der Waals surface area (Å²) in [5.74, 6) is -0.577. The molecule has 0 saturated carbocycles. The molecule has 0 amide bonds. The van der Waals surface area contributed by atoms with Crippen LogP contribution in [0.25, 0.3) is 0 Å². The van der Waals surface area contributed by atoms with Gasteiger partial charge in [-0.05, 0) is 42.6 Å². The number of nitrogens with one attached hydrogen (secondary N) is 2. The fraction of sp³-hybridized carbons (Fsp3) is 0.429. The molecule has 0 unspecified atom stereocenters. The summed E-state index contributed by atoms with van der Waals surface area (Å²) in [6.45, 7) is 0.715. The van der Waals surface area contributed by atoms with Crippen LogP contribution in [0.1, 0.15) is 16.8 Å². The van der Waals surface area contributed by atoms with Crippen molar-refractivity contribution in [3.8, 4) is 0 Å². The highest BCUT2D eigenvalue weighted by Gasteiger charge is 2.29. The van der Waals surface area contributed by atoms with Crippen LogP contribution in [-0.4, -0.2) is 44.8 Å². The maximum absolute atomic E-state index is 11.4. The third-order valence-electron chi connectivity index (χ3n) is 3.24. The first-order valence-electron chi connectivity index (χ1n) is 6.56. The van der Waals surface area contributed by atoms with Crippen LogP contribution >= 0.6 is 11.9 Å². The maximum Gasteiger partial charge on any atom is 0.337 e. The molecule has 0 aliphatic carbocycles. The minimum absolute atomic E-state index is 0.194. The lowest BCUT2D eigenvalue weighted by Crippen LogP contribution is -2.31. The molecule has 1 aromatic carbocycles. The van der Waals surface area contributed by atoms with Crippen molar-refractivity contribution >= 4 is 23.9 Å². The van der Waals surface area contributed by atoms with Gasteiger partial charge in [-0.2, -0.15) is 0 Å². The molecule has 2 N–H and O–H groups in total. The second-order valence-corrected chi connectivity index (χ2v) is 5.56. The van der Waals surface area contributed by atoms with E-state index in [1.54, 1.807) is 12.1 Å². The van der Waals surface area contributed by atoms with E-state index >= 15 is 0 Å². The second-order valence-electron chi connectivity index (χ2n) is 4.65. The van der Waals surface area contributed by atoms with Gasteiger partial charge in [0.1, 0.15) is 6.04 Å². The maximum atomic E-state index is 11.4. The Kier molecular flexibility index (Phi) is 5.60. The molecule has 2 atom stereocenters. The zero-order valence-corrected chi connectivity index (χ0v) is 12.7. The van der Waals surface area contributed by atoms with E-state index < -0.39 is 0 Å². The number of carbonyl (C=O) groups excluding carboxylic acids is 2. The molecule has 0 bridgehead atoms. The molecule has 0 radical (unpaired) electrons. The van der Waals surface area contributed by atoms with Crippen molar-refractivity contribution in [1.29, 1.82) is 0 Å². The Morgan fingerprint density at radius 1 is 1.24 bits per heavy atom. The topological polar surface area (TPSA) is 76.7 Å². The predicted octanol–water partition coefficient (Wildman–Crippen LogP) is 0.973. The van der Waals surface area contributed by atoms with Crippen molar-refractivity contribution in [1.82, 2.24) is 10.0 Å². The fourth-order valence-corrected chi connectivity index (χ4v) is 2.83. The molecule has 114 valence electrons. The van der Waals surface area contributed by atoms with Crippen LogP contribution in [0, 0.1) is 0 Å². The average molecular weight is 310 g/mol. The van der Waals surface area contributed by atoms with Gasteiger partial charge < -0.3 is 14.8 Å². The van der Waals surface area contributed by atoms with Gasteiger partial charge in [-0.15, -0.1) is 0 Å². The Labute approximate surface area is 127 Å². The minimum Gasteiger partial charge on any atom is -0.468 e. The smallest absolute Gasteiger partial charge is 0.337 e. The lowest BCUT2D eigenvalue weighted by atomic mass is 10.2. The van der Waals surface area contributed by atoms with Crippen molar-refractivity contribution in [3.63, 3.8) is 0 Å². The monoisotopic (exact) mass is 310 g/mol. The normalized spacial score (nSPS) is 21.0. The summed E-state index contributed by atoms with van der Waals surface area (Å²) in [5, 5.41) is 3.11. The summed E-state index contributed by atoms with van der Waals surface area (Å²) in [7, 11) is 2.75. The highest BCUT2D eigenvalue weighted by molar-refractivity contribution is 7.97. The molecule has 0 spiro atoms. The minimum atomic E-state index is -0.347. The number of hydrogen-bond acceptors (Lipinski definition) is 7. The molecule has 0 aromatic heterocycles. The number of rotatable bonds is 5.